The van der Waals surface area contributed by atoms with Gasteiger partial charge in [-0.2, -0.15) is 0 Å². The third-order valence-electron chi connectivity index (χ3n) is 8.82. The molecule has 3 heterocycles. The van der Waals surface area contributed by atoms with Crippen LogP contribution in [-0.4, -0.2) is 125 Å². The molecule has 10 N–H and O–H groups in total. The highest BCUT2D eigenvalue weighted by Gasteiger charge is 2.50. The standard InChI is InChI=1S/C36H36O18/c1-14-26(43)28(45)30(47)35(50-14)49-13-23-33(53-24(42)9-4-15-2-6-17(37)7-3-15)29(46)31(48)36(52-23)54-34-27(44)25-21(41)11-18(38)12-22(25)51-32(34)16-5-8-19(39)20(40)10-16/h2-12,14,23,26,28-31,33,35-41,43,45-48H,13H2,1H3/b9-4+/t14-,23+,26-,28+,29+,30-,31+,33+,35-,36-/m1/s1. The number of phenols is 5. The van der Waals surface area contributed by atoms with Crippen LogP contribution in [0.1, 0.15) is 12.5 Å². The molecule has 54 heavy (non-hydrogen) atoms. The second-order valence-electron chi connectivity index (χ2n) is 12.6. The Balaban J connectivity index is 1.34. The molecule has 0 saturated carbocycles. The maximum Gasteiger partial charge on any atom is 0.331 e. The van der Waals surface area contributed by atoms with Gasteiger partial charge in [-0.25, -0.2) is 4.79 Å². The molecule has 288 valence electrons. The molecule has 1 aromatic heterocycles. The fraction of sp³-hybridized carbons (Fsp3) is 0.333. The Morgan fingerprint density at radius 2 is 1.46 bits per heavy atom. The number of aliphatic hydroxyl groups is 5. The Morgan fingerprint density at radius 1 is 0.759 bits per heavy atom. The van der Waals surface area contributed by atoms with Gasteiger partial charge in [-0.05, 0) is 48.9 Å². The predicted molar refractivity (Wildman–Crippen MR) is 181 cm³/mol. The topological polar surface area (TPSA) is 296 Å². The monoisotopic (exact) mass is 756 g/mol. The Labute approximate surface area is 304 Å². The first-order valence-electron chi connectivity index (χ1n) is 16.3. The summed E-state index contributed by atoms with van der Waals surface area (Å²) in [5, 5.41) is 103. The smallest absolute Gasteiger partial charge is 0.331 e. The van der Waals surface area contributed by atoms with E-state index in [1.54, 1.807) is 0 Å². The van der Waals surface area contributed by atoms with Crippen molar-refractivity contribution in [2.45, 2.75) is 68.3 Å². The Kier molecular flexibility index (Phi) is 11.0. The minimum atomic E-state index is -2.08. The fourth-order valence-electron chi connectivity index (χ4n) is 5.89. The second kappa shape index (κ2) is 15.5. The molecule has 2 aliphatic heterocycles. The van der Waals surface area contributed by atoms with Gasteiger partial charge in [-0.15, -0.1) is 0 Å². The van der Waals surface area contributed by atoms with Crippen molar-refractivity contribution >= 4 is 23.0 Å². The van der Waals surface area contributed by atoms with Gasteiger partial charge in [-0.3, -0.25) is 4.79 Å². The van der Waals surface area contributed by atoms with Gasteiger partial charge in [0.05, 0.1) is 12.7 Å². The third-order valence-corrected chi connectivity index (χ3v) is 8.82. The maximum atomic E-state index is 13.9. The molecule has 2 fully saturated rings. The Hall–Kier alpha value is -5.44. The molecule has 2 saturated heterocycles. The van der Waals surface area contributed by atoms with Crippen molar-refractivity contribution in [3.8, 4) is 45.8 Å². The second-order valence-corrected chi connectivity index (χ2v) is 12.6. The van der Waals surface area contributed by atoms with Crippen LogP contribution >= 0.6 is 0 Å². The Morgan fingerprint density at radius 3 is 2.17 bits per heavy atom. The summed E-state index contributed by atoms with van der Waals surface area (Å²) in [5.74, 6) is -4.59. The number of hydrogen-bond donors (Lipinski definition) is 10. The van der Waals surface area contributed by atoms with Crippen LogP contribution in [0.4, 0.5) is 0 Å². The summed E-state index contributed by atoms with van der Waals surface area (Å²) >= 11 is 0. The zero-order chi connectivity index (χ0) is 39.0. The van der Waals surface area contributed by atoms with Crippen molar-refractivity contribution in [2.24, 2.45) is 0 Å². The van der Waals surface area contributed by atoms with Crippen molar-refractivity contribution < 1.29 is 84.0 Å². The van der Waals surface area contributed by atoms with Gasteiger partial charge in [0.1, 0.15) is 64.8 Å². The van der Waals surface area contributed by atoms with E-state index in [4.69, 9.17) is 28.1 Å². The Bertz CT molecular complexity index is 2080. The van der Waals surface area contributed by atoms with Crippen LogP contribution in [0.2, 0.25) is 0 Å². The van der Waals surface area contributed by atoms with Crippen molar-refractivity contribution in [1.82, 2.24) is 0 Å². The number of benzene rings is 3. The van der Waals surface area contributed by atoms with Gasteiger partial charge in [0, 0.05) is 23.8 Å². The number of esters is 1. The largest absolute Gasteiger partial charge is 0.508 e. The summed E-state index contributed by atoms with van der Waals surface area (Å²) in [7, 11) is 0. The van der Waals surface area contributed by atoms with Crippen molar-refractivity contribution in [2.75, 3.05) is 6.61 Å². The van der Waals surface area contributed by atoms with Crippen molar-refractivity contribution in [3.63, 3.8) is 0 Å². The third kappa shape index (κ3) is 7.77. The average molecular weight is 757 g/mol. The molecule has 0 radical (unpaired) electrons. The molecule has 3 aromatic carbocycles. The van der Waals surface area contributed by atoms with Crippen molar-refractivity contribution in [1.29, 1.82) is 0 Å². The molecule has 0 unspecified atom stereocenters. The minimum Gasteiger partial charge on any atom is -0.508 e. The van der Waals surface area contributed by atoms with Gasteiger partial charge >= 0.3 is 5.97 Å². The van der Waals surface area contributed by atoms with E-state index in [-0.39, 0.29) is 16.9 Å². The molecule has 18 nitrogen and oxygen atoms in total. The maximum absolute atomic E-state index is 13.9. The molecule has 4 aromatic rings. The average Bonchev–Trinajstić information content (AvgIpc) is 3.13. The van der Waals surface area contributed by atoms with Crippen LogP contribution in [0, 0.1) is 0 Å². The van der Waals surface area contributed by atoms with Crippen molar-refractivity contribution in [3.05, 3.63) is 76.5 Å². The molecular formula is C36H36O18. The van der Waals surface area contributed by atoms with Crippen LogP contribution in [0.3, 0.4) is 0 Å². The minimum absolute atomic E-state index is 0.0137. The quantitative estimate of drug-likeness (QED) is 0.0623. The molecule has 0 spiro atoms. The summed E-state index contributed by atoms with van der Waals surface area (Å²) in [6.07, 6.45) is -14.6. The highest BCUT2D eigenvalue weighted by Crippen LogP contribution is 2.39. The predicted octanol–water partition coefficient (Wildman–Crippen LogP) is 0.283. The van der Waals surface area contributed by atoms with E-state index in [0.29, 0.717) is 5.56 Å². The summed E-state index contributed by atoms with van der Waals surface area (Å²) in [6.45, 7) is 0.716. The number of aliphatic hydroxyl groups excluding tert-OH is 5. The fourth-order valence-corrected chi connectivity index (χ4v) is 5.89. The number of carbonyl (C=O) groups excluding carboxylic acids is 1. The zero-order valence-corrected chi connectivity index (χ0v) is 28.1. The first-order chi connectivity index (χ1) is 25.6. The number of aromatic hydroxyl groups is 5. The lowest BCUT2D eigenvalue weighted by Gasteiger charge is -2.43. The van der Waals surface area contributed by atoms with Gasteiger partial charge in [0.25, 0.3) is 0 Å². The normalized spacial score (nSPS) is 28.6. The van der Waals surface area contributed by atoms with Crippen LogP contribution in [0.25, 0.3) is 28.4 Å². The number of rotatable bonds is 9. The van der Waals surface area contributed by atoms with Gasteiger partial charge in [-0.1, -0.05) is 12.1 Å². The van der Waals surface area contributed by atoms with E-state index < -0.39 is 119 Å². The van der Waals surface area contributed by atoms with E-state index in [0.717, 1.165) is 30.3 Å². The van der Waals surface area contributed by atoms with E-state index >= 15 is 0 Å². The lowest BCUT2D eigenvalue weighted by atomic mass is 9.98. The molecule has 0 aliphatic carbocycles. The zero-order valence-electron chi connectivity index (χ0n) is 28.1. The van der Waals surface area contributed by atoms with E-state index in [2.05, 4.69) is 0 Å². The summed E-state index contributed by atoms with van der Waals surface area (Å²) < 4.78 is 34.1. The van der Waals surface area contributed by atoms with Gasteiger partial charge in [0.2, 0.25) is 17.5 Å². The molecule has 6 rings (SSSR count). The van der Waals surface area contributed by atoms with E-state index in [1.807, 2.05) is 0 Å². The number of fused-ring (bicyclic) bond motifs is 1. The lowest BCUT2D eigenvalue weighted by Crippen LogP contribution is -2.62. The highest BCUT2D eigenvalue weighted by molar-refractivity contribution is 5.88. The van der Waals surface area contributed by atoms with E-state index in [9.17, 15) is 60.7 Å². The van der Waals surface area contributed by atoms with Crippen LogP contribution < -0.4 is 10.2 Å². The van der Waals surface area contributed by atoms with Crippen LogP contribution in [0.5, 0.6) is 34.5 Å². The number of phenolic OH excluding ortho intramolecular Hbond substituents is 5. The molecule has 0 bridgehead atoms. The summed E-state index contributed by atoms with van der Waals surface area (Å²) in [4.78, 5) is 26.8. The lowest BCUT2D eigenvalue weighted by molar-refractivity contribution is -0.319. The van der Waals surface area contributed by atoms with Gasteiger partial charge in [0.15, 0.2) is 29.7 Å². The molecule has 0 amide bonds. The molecular weight excluding hydrogens is 720 g/mol. The number of hydrogen-bond acceptors (Lipinski definition) is 18. The van der Waals surface area contributed by atoms with Crippen LogP contribution in [0.15, 0.2) is 69.9 Å². The number of carbonyl (C=O) groups is 1. The highest BCUT2D eigenvalue weighted by atomic mass is 16.7. The summed E-state index contributed by atoms with van der Waals surface area (Å²) in [6, 6.07) is 10.9. The van der Waals surface area contributed by atoms with E-state index in [1.165, 1.54) is 43.3 Å². The first kappa shape index (κ1) is 38.3. The molecule has 10 atom stereocenters. The SMILES string of the molecule is C[C@H]1O[C@@H](OC[C@@H]2O[C@H](Oc3c(-c4ccc(O)c(O)c4)oc4cc(O)cc(O)c4c3=O)[C@@H](O)[C@H](O)[C@H]2OC(=O)/C=C/c2ccc(O)cc2)[C@H](O)[C@@H](O)[C@@H]1O. The first-order valence-corrected chi connectivity index (χ1v) is 16.3. The van der Waals surface area contributed by atoms with Crippen LogP contribution in [-0.2, 0) is 23.7 Å². The molecule has 18 heteroatoms. The van der Waals surface area contributed by atoms with Gasteiger partial charge < -0.3 is 79.2 Å². The number of ether oxygens (including phenoxy) is 5. The summed E-state index contributed by atoms with van der Waals surface area (Å²) in [5.41, 5.74) is -0.977. The molecule has 2 aliphatic rings.